The molecule has 1 unspecified atom stereocenters. The highest BCUT2D eigenvalue weighted by Gasteiger charge is 2.15. The standard InChI is InChI=1S/C12H17NO2/c1-10-4-2-5-11(13-10)8-14-9-12-6-3-7-15-12/h2,4-5,12H,3,6-9H2,1H3. The van der Waals surface area contributed by atoms with Gasteiger partial charge in [-0.15, -0.1) is 0 Å². The lowest BCUT2D eigenvalue weighted by molar-refractivity contribution is 0.00963. The summed E-state index contributed by atoms with van der Waals surface area (Å²) in [7, 11) is 0. The zero-order chi connectivity index (χ0) is 10.5. The lowest BCUT2D eigenvalue weighted by Crippen LogP contribution is -2.14. The summed E-state index contributed by atoms with van der Waals surface area (Å²) < 4.78 is 11.0. The molecule has 1 atom stereocenters. The fraction of sp³-hybridized carbons (Fsp3) is 0.583. The molecule has 0 spiro atoms. The normalized spacial score (nSPS) is 20.7. The van der Waals surface area contributed by atoms with Gasteiger partial charge in [0.15, 0.2) is 0 Å². The fourth-order valence-corrected chi connectivity index (χ4v) is 1.75. The zero-order valence-corrected chi connectivity index (χ0v) is 9.11. The van der Waals surface area contributed by atoms with E-state index in [1.807, 2.05) is 25.1 Å². The second kappa shape index (κ2) is 5.24. The minimum Gasteiger partial charge on any atom is -0.376 e. The Hall–Kier alpha value is -0.930. The maximum Gasteiger partial charge on any atom is 0.0889 e. The summed E-state index contributed by atoms with van der Waals surface area (Å²) in [6.45, 7) is 4.15. The average molecular weight is 207 g/mol. The largest absolute Gasteiger partial charge is 0.376 e. The molecule has 0 N–H and O–H groups in total. The zero-order valence-electron chi connectivity index (χ0n) is 9.11. The monoisotopic (exact) mass is 207 g/mol. The molecule has 0 saturated carbocycles. The molecule has 1 fully saturated rings. The van der Waals surface area contributed by atoms with Gasteiger partial charge in [0.25, 0.3) is 0 Å². The Balaban J connectivity index is 1.73. The van der Waals surface area contributed by atoms with Crippen LogP contribution in [0.2, 0.25) is 0 Å². The molecule has 1 aromatic rings. The first kappa shape index (κ1) is 10.6. The summed E-state index contributed by atoms with van der Waals surface area (Å²) in [5.41, 5.74) is 2.03. The van der Waals surface area contributed by atoms with Crippen molar-refractivity contribution in [3.8, 4) is 0 Å². The lowest BCUT2D eigenvalue weighted by atomic mass is 10.2. The third-order valence-corrected chi connectivity index (χ3v) is 2.52. The van der Waals surface area contributed by atoms with E-state index in [-0.39, 0.29) is 0 Å². The van der Waals surface area contributed by atoms with Gasteiger partial charge in [0.2, 0.25) is 0 Å². The van der Waals surface area contributed by atoms with E-state index in [4.69, 9.17) is 9.47 Å². The number of rotatable bonds is 4. The molecule has 1 aromatic heterocycles. The summed E-state index contributed by atoms with van der Waals surface area (Å²) in [6, 6.07) is 5.99. The van der Waals surface area contributed by atoms with Crippen LogP contribution in [-0.2, 0) is 16.1 Å². The van der Waals surface area contributed by atoms with Gasteiger partial charge in [-0.05, 0) is 31.9 Å². The first-order valence-electron chi connectivity index (χ1n) is 5.46. The topological polar surface area (TPSA) is 31.4 Å². The Labute approximate surface area is 90.4 Å². The number of nitrogens with zero attached hydrogens (tertiary/aromatic N) is 1. The van der Waals surface area contributed by atoms with E-state index in [9.17, 15) is 0 Å². The van der Waals surface area contributed by atoms with Crippen LogP contribution in [0, 0.1) is 6.92 Å². The molecule has 2 heterocycles. The molecular weight excluding hydrogens is 190 g/mol. The van der Waals surface area contributed by atoms with Crippen LogP contribution in [0.25, 0.3) is 0 Å². The molecule has 0 amide bonds. The van der Waals surface area contributed by atoms with E-state index in [0.717, 1.165) is 30.8 Å². The van der Waals surface area contributed by atoms with Crippen molar-refractivity contribution in [2.24, 2.45) is 0 Å². The van der Waals surface area contributed by atoms with Crippen LogP contribution >= 0.6 is 0 Å². The molecule has 3 nitrogen and oxygen atoms in total. The quantitative estimate of drug-likeness (QED) is 0.757. The van der Waals surface area contributed by atoms with Crippen LogP contribution in [0.5, 0.6) is 0 Å². The number of hydrogen-bond acceptors (Lipinski definition) is 3. The van der Waals surface area contributed by atoms with Gasteiger partial charge in [0.1, 0.15) is 0 Å². The summed E-state index contributed by atoms with van der Waals surface area (Å²) in [6.07, 6.45) is 2.59. The molecule has 15 heavy (non-hydrogen) atoms. The molecule has 0 aliphatic carbocycles. The average Bonchev–Trinajstić information content (AvgIpc) is 2.71. The number of ether oxygens (including phenoxy) is 2. The van der Waals surface area contributed by atoms with Crippen molar-refractivity contribution >= 4 is 0 Å². The highest BCUT2D eigenvalue weighted by Crippen LogP contribution is 2.12. The Morgan fingerprint density at radius 3 is 3.20 bits per heavy atom. The second-order valence-electron chi connectivity index (χ2n) is 3.92. The van der Waals surface area contributed by atoms with Crippen molar-refractivity contribution < 1.29 is 9.47 Å². The maximum absolute atomic E-state index is 5.57. The molecule has 1 aliphatic heterocycles. The minimum atomic E-state index is 0.301. The van der Waals surface area contributed by atoms with E-state index in [2.05, 4.69) is 4.98 Å². The molecule has 1 aliphatic rings. The van der Waals surface area contributed by atoms with Crippen LogP contribution in [-0.4, -0.2) is 24.3 Å². The summed E-state index contributed by atoms with van der Waals surface area (Å²) in [5, 5.41) is 0. The highest BCUT2D eigenvalue weighted by molar-refractivity contribution is 5.08. The van der Waals surface area contributed by atoms with Crippen molar-refractivity contribution in [1.82, 2.24) is 4.98 Å². The van der Waals surface area contributed by atoms with E-state index in [1.165, 1.54) is 0 Å². The van der Waals surface area contributed by atoms with Gasteiger partial charge in [0, 0.05) is 12.3 Å². The number of aromatic nitrogens is 1. The first-order chi connectivity index (χ1) is 7.34. The van der Waals surface area contributed by atoms with Crippen molar-refractivity contribution in [1.29, 1.82) is 0 Å². The Bertz CT molecular complexity index is 308. The number of hydrogen-bond donors (Lipinski definition) is 0. The maximum atomic E-state index is 5.57. The van der Waals surface area contributed by atoms with Crippen LogP contribution in [0.4, 0.5) is 0 Å². The van der Waals surface area contributed by atoms with Gasteiger partial charge in [-0.2, -0.15) is 0 Å². The van der Waals surface area contributed by atoms with Gasteiger partial charge in [-0.25, -0.2) is 0 Å². The molecule has 2 rings (SSSR count). The van der Waals surface area contributed by atoms with Gasteiger partial charge < -0.3 is 9.47 Å². The smallest absolute Gasteiger partial charge is 0.0889 e. The molecular formula is C12H17NO2. The molecule has 82 valence electrons. The summed E-state index contributed by atoms with van der Waals surface area (Å²) in [5.74, 6) is 0. The molecule has 1 saturated heterocycles. The van der Waals surface area contributed by atoms with Crippen LogP contribution in [0.1, 0.15) is 24.2 Å². The fourth-order valence-electron chi connectivity index (χ4n) is 1.75. The third kappa shape index (κ3) is 3.29. The van der Waals surface area contributed by atoms with Crippen LogP contribution < -0.4 is 0 Å². The van der Waals surface area contributed by atoms with Gasteiger partial charge in [0.05, 0.1) is 25.0 Å². The highest BCUT2D eigenvalue weighted by atomic mass is 16.5. The molecule has 0 aromatic carbocycles. The molecule has 0 radical (unpaired) electrons. The predicted molar refractivity (Wildman–Crippen MR) is 57.6 cm³/mol. The number of pyridine rings is 1. The van der Waals surface area contributed by atoms with E-state index in [1.54, 1.807) is 0 Å². The Morgan fingerprint density at radius 1 is 1.53 bits per heavy atom. The Kier molecular flexibility index (Phi) is 3.69. The third-order valence-electron chi connectivity index (χ3n) is 2.52. The summed E-state index contributed by atoms with van der Waals surface area (Å²) in [4.78, 5) is 4.37. The Morgan fingerprint density at radius 2 is 2.47 bits per heavy atom. The summed E-state index contributed by atoms with van der Waals surface area (Å²) >= 11 is 0. The first-order valence-corrected chi connectivity index (χ1v) is 5.46. The number of aryl methyl sites for hydroxylation is 1. The van der Waals surface area contributed by atoms with E-state index < -0.39 is 0 Å². The van der Waals surface area contributed by atoms with Crippen molar-refractivity contribution in [3.63, 3.8) is 0 Å². The SMILES string of the molecule is Cc1cccc(COCC2CCCO2)n1. The van der Waals surface area contributed by atoms with Crippen LogP contribution in [0.3, 0.4) is 0 Å². The second-order valence-corrected chi connectivity index (χ2v) is 3.92. The minimum absolute atomic E-state index is 0.301. The van der Waals surface area contributed by atoms with Gasteiger partial charge >= 0.3 is 0 Å². The van der Waals surface area contributed by atoms with E-state index in [0.29, 0.717) is 19.3 Å². The van der Waals surface area contributed by atoms with E-state index >= 15 is 0 Å². The van der Waals surface area contributed by atoms with Crippen molar-refractivity contribution in [2.75, 3.05) is 13.2 Å². The van der Waals surface area contributed by atoms with Crippen molar-refractivity contribution in [3.05, 3.63) is 29.6 Å². The van der Waals surface area contributed by atoms with Gasteiger partial charge in [-0.1, -0.05) is 6.07 Å². The lowest BCUT2D eigenvalue weighted by Gasteiger charge is -2.09. The van der Waals surface area contributed by atoms with Crippen LogP contribution in [0.15, 0.2) is 18.2 Å². The van der Waals surface area contributed by atoms with Crippen molar-refractivity contribution in [2.45, 2.75) is 32.5 Å². The molecule has 0 bridgehead atoms. The van der Waals surface area contributed by atoms with Gasteiger partial charge in [-0.3, -0.25) is 4.98 Å². The molecule has 3 heteroatoms. The predicted octanol–water partition coefficient (Wildman–Crippen LogP) is 2.09.